The predicted molar refractivity (Wildman–Crippen MR) is 126 cm³/mol. The first-order valence-corrected chi connectivity index (χ1v) is 12.2. The maximum atomic E-state index is 13.0. The lowest BCUT2D eigenvalue weighted by molar-refractivity contribution is 0.0491. The molecule has 2 aromatic heterocycles. The van der Waals surface area contributed by atoms with Gasteiger partial charge in [0.05, 0.1) is 18.0 Å². The van der Waals surface area contributed by atoms with Gasteiger partial charge >= 0.3 is 5.97 Å². The second-order valence-electron chi connectivity index (χ2n) is 7.87. The summed E-state index contributed by atoms with van der Waals surface area (Å²) in [5, 5.41) is 0.559. The van der Waals surface area contributed by atoms with E-state index in [1.54, 1.807) is 19.9 Å². The molecule has 0 saturated carbocycles. The molecule has 0 spiro atoms. The van der Waals surface area contributed by atoms with Gasteiger partial charge in [-0.2, -0.15) is 0 Å². The summed E-state index contributed by atoms with van der Waals surface area (Å²) in [4.78, 5) is 12.2. The molecule has 0 amide bonds. The third kappa shape index (κ3) is 4.86. The number of fused-ring (bicyclic) bond motifs is 1. The zero-order valence-corrected chi connectivity index (χ0v) is 19.6. The minimum Gasteiger partial charge on any atom is -0.460 e. The van der Waals surface area contributed by atoms with Crippen molar-refractivity contribution in [1.29, 1.82) is 0 Å². The Balaban J connectivity index is 1.53. The van der Waals surface area contributed by atoms with Gasteiger partial charge in [-0.05, 0) is 56.7 Å². The number of hydrogen-bond acceptors (Lipinski definition) is 5. The number of aryl methyl sites for hydroxylation is 2. The number of sulfonamides is 1. The standard InChI is InChI=1S/C25H26N2O5S/c1-4-31-25(28)24-18(3)22-14-21(11-12-23(22)32-24)33(29,30)26-15-20-6-5-13-27(20)16-19-9-7-17(2)8-10-19/h5-14,26H,4,15-16H2,1-3H3. The average Bonchev–Trinajstić information content (AvgIpc) is 3.38. The molecule has 2 heterocycles. The van der Waals surface area contributed by atoms with Crippen molar-refractivity contribution >= 4 is 27.0 Å². The average molecular weight is 467 g/mol. The molecule has 0 aliphatic carbocycles. The Morgan fingerprint density at radius 1 is 1.09 bits per heavy atom. The fourth-order valence-electron chi connectivity index (χ4n) is 3.67. The summed E-state index contributed by atoms with van der Waals surface area (Å²) in [6.45, 7) is 6.49. The van der Waals surface area contributed by atoms with Crippen LogP contribution in [0.4, 0.5) is 0 Å². The molecule has 0 bridgehead atoms. The number of carbonyl (C=O) groups excluding carboxylic acids is 1. The van der Waals surface area contributed by atoms with Crippen molar-refractivity contribution in [3.63, 3.8) is 0 Å². The summed E-state index contributed by atoms with van der Waals surface area (Å²) >= 11 is 0. The highest BCUT2D eigenvalue weighted by molar-refractivity contribution is 7.89. The first kappa shape index (κ1) is 22.8. The molecule has 0 saturated heterocycles. The van der Waals surface area contributed by atoms with E-state index in [2.05, 4.69) is 29.0 Å². The van der Waals surface area contributed by atoms with Crippen LogP contribution >= 0.6 is 0 Å². The fraction of sp³-hybridized carbons (Fsp3) is 0.240. The van der Waals surface area contributed by atoms with E-state index in [0.717, 1.165) is 11.3 Å². The first-order chi connectivity index (χ1) is 15.8. The number of rotatable bonds is 8. The molecule has 0 fully saturated rings. The van der Waals surface area contributed by atoms with E-state index in [9.17, 15) is 13.2 Å². The first-order valence-electron chi connectivity index (χ1n) is 10.7. The summed E-state index contributed by atoms with van der Waals surface area (Å²) < 4.78 is 41.3. The number of furan rings is 1. The van der Waals surface area contributed by atoms with Crippen LogP contribution in [0.25, 0.3) is 11.0 Å². The number of benzene rings is 2. The van der Waals surface area contributed by atoms with Gasteiger partial charge in [-0.15, -0.1) is 0 Å². The Kier molecular flexibility index (Phi) is 6.40. The Morgan fingerprint density at radius 3 is 2.58 bits per heavy atom. The Hall–Kier alpha value is -3.36. The van der Waals surface area contributed by atoms with Crippen molar-refractivity contribution in [2.45, 2.75) is 38.8 Å². The molecule has 172 valence electrons. The molecule has 7 nitrogen and oxygen atoms in total. The number of nitrogens with one attached hydrogen (secondary N) is 1. The van der Waals surface area contributed by atoms with E-state index in [1.165, 1.54) is 17.7 Å². The van der Waals surface area contributed by atoms with Crippen LogP contribution in [0.3, 0.4) is 0 Å². The van der Waals surface area contributed by atoms with E-state index in [1.807, 2.05) is 29.8 Å². The molecule has 0 unspecified atom stereocenters. The van der Waals surface area contributed by atoms with E-state index < -0.39 is 16.0 Å². The summed E-state index contributed by atoms with van der Waals surface area (Å²) in [6, 6.07) is 16.6. The lowest BCUT2D eigenvalue weighted by Gasteiger charge is -2.11. The number of aromatic nitrogens is 1. The third-order valence-corrected chi connectivity index (χ3v) is 6.92. The van der Waals surface area contributed by atoms with Crippen molar-refractivity contribution in [2.75, 3.05) is 6.61 Å². The van der Waals surface area contributed by atoms with Gasteiger partial charge in [-0.25, -0.2) is 17.9 Å². The molecule has 8 heteroatoms. The second kappa shape index (κ2) is 9.25. The van der Waals surface area contributed by atoms with Crippen LogP contribution in [0.5, 0.6) is 0 Å². The van der Waals surface area contributed by atoms with Gasteiger partial charge in [0.2, 0.25) is 15.8 Å². The highest BCUT2D eigenvalue weighted by atomic mass is 32.2. The van der Waals surface area contributed by atoms with Crippen LogP contribution in [-0.2, 0) is 27.8 Å². The van der Waals surface area contributed by atoms with Crippen LogP contribution in [-0.4, -0.2) is 25.6 Å². The zero-order valence-electron chi connectivity index (χ0n) is 18.8. The smallest absolute Gasteiger partial charge is 0.374 e. The van der Waals surface area contributed by atoms with E-state index in [4.69, 9.17) is 9.15 Å². The van der Waals surface area contributed by atoms with Crippen molar-refractivity contribution < 1.29 is 22.4 Å². The number of esters is 1. The molecule has 0 aliphatic rings. The Morgan fingerprint density at radius 2 is 1.85 bits per heavy atom. The molecular formula is C25H26N2O5S. The van der Waals surface area contributed by atoms with E-state index in [0.29, 0.717) is 23.1 Å². The zero-order chi connectivity index (χ0) is 23.6. The van der Waals surface area contributed by atoms with Crippen molar-refractivity contribution in [3.05, 3.63) is 88.9 Å². The van der Waals surface area contributed by atoms with Crippen LogP contribution in [0.1, 0.15) is 39.9 Å². The predicted octanol–water partition coefficient (Wildman–Crippen LogP) is 4.55. The fourth-order valence-corrected chi connectivity index (χ4v) is 4.69. The number of ether oxygens (including phenoxy) is 1. The number of carbonyl (C=O) groups is 1. The highest BCUT2D eigenvalue weighted by Gasteiger charge is 2.22. The minimum atomic E-state index is -3.78. The van der Waals surface area contributed by atoms with E-state index in [-0.39, 0.29) is 23.8 Å². The van der Waals surface area contributed by atoms with Gasteiger partial charge in [0, 0.05) is 29.4 Å². The van der Waals surface area contributed by atoms with Gasteiger partial charge in [0.1, 0.15) is 5.58 Å². The summed E-state index contributed by atoms with van der Waals surface area (Å²) in [6.07, 6.45) is 1.93. The quantitative estimate of drug-likeness (QED) is 0.385. The molecule has 0 aliphatic heterocycles. The molecule has 1 N–H and O–H groups in total. The van der Waals surface area contributed by atoms with Crippen molar-refractivity contribution in [1.82, 2.24) is 9.29 Å². The van der Waals surface area contributed by atoms with Crippen LogP contribution in [0.2, 0.25) is 0 Å². The Labute approximate surface area is 193 Å². The second-order valence-corrected chi connectivity index (χ2v) is 9.64. The summed E-state index contributed by atoms with van der Waals surface area (Å²) in [5.74, 6) is -0.480. The molecule has 4 aromatic rings. The van der Waals surface area contributed by atoms with Crippen molar-refractivity contribution in [3.8, 4) is 0 Å². The normalized spacial score (nSPS) is 11.7. The van der Waals surface area contributed by atoms with Crippen LogP contribution in [0, 0.1) is 13.8 Å². The SMILES string of the molecule is CCOC(=O)c1oc2ccc(S(=O)(=O)NCc3cccn3Cc3ccc(C)cc3)cc2c1C. The monoisotopic (exact) mass is 466 g/mol. The number of nitrogens with zero attached hydrogens (tertiary/aromatic N) is 1. The van der Waals surface area contributed by atoms with Crippen LogP contribution in [0.15, 0.2) is 70.1 Å². The molecule has 0 atom stereocenters. The minimum absolute atomic E-state index is 0.0864. The molecular weight excluding hydrogens is 440 g/mol. The topological polar surface area (TPSA) is 90.5 Å². The Bertz CT molecular complexity index is 1400. The molecule has 4 rings (SSSR count). The van der Waals surface area contributed by atoms with Crippen molar-refractivity contribution in [2.24, 2.45) is 0 Å². The third-order valence-electron chi connectivity index (χ3n) is 5.52. The van der Waals surface area contributed by atoms with E-state index >= 15 is 0 Å². The highest BCUT2D eigenvalue weighted by Crippen LogP contribution is 2.28. The molecule has 2 aromatic carbocycles. The maximum Gasteiger partial charge on any atom is 0.374 e. The lowest BCUT2D eigenvalue weighted by atomic mass is 10.1. The number of hydrogen-bond donors (Lipinski definition) is 1. The largest absolute Gasteiger partial charge is 0.460 e. The van der Waals surface area contributed by atoms with Gasteiger partial charge in [-0.3, -0.25) is 0 Å². The van der Waals surface area contributed by atoms with Crippen LogP contribution < -0.4 is 4.72 Å². The van der Waals surface area contributed by atoms with Gasteiger partial charge < -0.3 is 13.7 Å². The molecule has 0 radical (unpaired) electrons. The maximum absolute atomic E-state index is 13.0. The van der Waals surface area contributed by atoms with Gasteiger partial charge in [-0.1, -0.05) is 29.8 Å². The molecule has 33 heavy (non-hydrogen) atoms. The lowest BCUT2D eigenvalue weighted by Crippen LogP contribution is -2.24. The summed E-state index contributed by atoms with van der Waals surface area (Å²) in [7, 11) is -3.78. The van der Waals surface area contributed by atoms with Gasteiger partial charge in [0.25, 0.3) is 0 Å². The van der Waals surface area contributed by atoms with Gasteiger partial charge in [0.15, 0.2) is 0 Å². The summed E-state index contributed by atoms with van der Waals surface area (Å²) in [5.41, 5.74) is 4.16.